The molecule has 6 heteroatoms. The average Bonchev–Trinajstić information content (AvgIpc) is 2.83. The van der Waals surface area contributed by atoms with Gasteiger partial charge in [-0.1, -0.05) is 6.92 Å². The van der Waals surface area contributed by atoms with Crippen LogP contribution in [0, 0.1) is 5.92 Å². The maximum Gasteiger partial charge on any atom is 0.257 e. The third-order valence-electron chi connectivity index (χ3n) is 4.81. The zero-order chi connectivity index (χ0) is 16.6. The fourth-order valence-electron chi connectivity index (χ4n) is 3.39. The van der Waals surface area contributed by atoms with Crippen molar-refractivity contribution in [1.29, 1.82) is 0 Å². The summed E-state index contributed by atoms with van der Waals surface area (Å²) >= 11 is 1.60. The summed E-state index contributed by atoms with van der Waals surface area (Å²) in [5.74, 6) is 0.635. The van der Waals surface area contributed by atoms with E-state index in [4.69, 9.17) is 0 Å². The number of carbonyl (C=O) groups excluding carboxylic acids is 2. The molecule has 1 aromatic rings. The molecule has 0 bridgehead atoms. The first-order chi connectivity index (χ1) is 11.0. The predicted molar refractivity (Wildman–Crippen MR) is 93.2 cm³/mol. The smallest absolute Gasteiger partial charge is 0.257 e. The Bertz CT molecular complexity index is 618. The molecule has 0 aromatic carbocycles. The number of thiophene rings is 1. The Labute approximate surface area is 141 Å². The van der Waals surface area contributed by atoms with E-state index in [0.29, 0.717) is 5.92 Å². The minimum atomic E-state index is -0.107. The standard InChI is InChI=1S/C17H25N3O2S/c1-11-4-5-13-14(10-11)23-16(18-12(2)21)15(13)17(22)20-8-6-19(3)7-9-20/h11H,4-10H2,1-3H3,(H,18,21). The molecule has 0 spiro atoms. The van der Waals surface area contributed by atoms with Crippen LogP contribution in [0.5, 0.6) is 0 Å². The fourth-order valence-corrected chi connectivity index (χ4v) is 4.84. The lowest BCUT2D eigenvalue weighted by Crippen LogP contribution is -2.47. The van der Waals surface area contributed by atoms with Gasteiger partial charge in [-0.15, -0.1) is 11.3 Å². The molecule has 23 heavy (non-hydrogen) atoms. The Hall–Kier alpha value is -1.40. The normalized spacial score (nSPS) is 21.9. The van der Waals surface area contributed by atoms with Crippen LogP contribution in [0.25, 0.3) is 0 Å². The summed E-state index contributed by atoms with van der Waals surface area (Å²) in [4.78, 5) is 30.1. The highest BCUT2D eigenvalue weighted by atomic mass is 32.1. The van der Waals surface area contributed by atoms with Crippen LogP contribution in [-0.2, 0) is 17.6 Å². The molecule has 5 nitrogen and oxygen atoms in total. The lowest BCUT2D eigenvalue weighted by atomic mass is 9.88. The van der Waals surface area contributed by atoms with Crippen molar-refractivity contribution in [3.63, 3.8) is 0 Å². The van der Waals surface area contributed by atoms with Gasteiger partial charge in [0.05, 0.1) is 5.56 Å². The number of rotatable bonds is 2. The molecule has 2 amide bonds. The average molecular weight is 335 g/mol. The van der Waals surface area contributed by atoms with Crippen molar-refractivity contribution in [2.45, 2.75) is 33.1 Å². The van der Waals surface area contributed by atoms with Gasteiger partial charge in [0, 0.05) is 38.0 Å². The van der Waals surface area contributed by atoms with Crippen LogP contribution in [0.15, 0.2) is 0 Å². The molecule has 1 atom stereocenters. The molecule has 1 N–H and O–H groups in total. The fraction of sp³-hybridized carbons (Fsp3) is 0.647. The van der Waals surface area contributed by atoms with E-state index in [9.17, 15) is 9.59 Å². The highest BCUT2D eigenvalue weighted by Crippen LogP contribution is 2.40. The maximum atomic E-state index is 13.1. The number of amides is 2. The van der Waals surface area contributed by atoms with E-state index < -0.39 is 0 Å². The first-order valence-corrected chi connectivity index (χ1v) is 9.17. The number of carbonyl (C=O) groups is 2. The monoisotopic (exact) mass is 335 g/mol. The van der Waals surface area contributed by atoms with Crippen molar-refractivity contribution in [3.05, 3.63) is 16.0 Å². The lowest BCUT2D eigenvalue weighted by Gasteiger charge is -2.33. The first kappa shape index (κ1) is 16.5. The quantitative estimate of drug-likeness (QED) is 0.902. The van der Waals surface area contributed by atoms with Crippen molar-refractivity contribution < 1.29 is 9.59 Å². The molecular weight excluding hydrogens is 310 g/mol. The summed E-state index contributed by atoms with van der Waals surface area (Å²) in [7, 11) is 2.08. The van der Waals surface area contributed by atoms with E-state index in [1.54, 1.807) is 11.3 Å². The summed E-state index contributed by atoms with van der Waals surface area (Å²) in [6.07, 6.45) is 3.08. The van der Waals surface area contributed by atoms with Gasteiger partial charge in [0.25, 0.3) is 5.91 Å². The summed E-state index contributed by atoms with van der Waals surface area (Å²) in [5, 5.41) is 3.65. The Kier molecular flexibility index (Phi) is 4.73. The minimum absolute atomic E-state index is 0.0916. The molecule has 1 fully saturated rings. The van der Waals surface area contributed by atoms with Gasteiger partial charge in [0.2, 0.25) is 5.91 Å². The van der Waals surface area contributed by atoms with E-state index in [-0.39, 0.29) is 11.8 Å². The molecule has 2 aliphatic rings. The number of piperazine rings is 1. The Morgan fingerprint density at radius 2 is 1.91 bits per heavy atom. The van der Waals surface area contributed by atoms with E-state index in [1.807, 2.05) is 4.90 Å². The summed E-state index contributed by atoms with van der Waals surface area (Å²) < 4.78 is 0. The third kappa shape index (κ3) is 3.43. The molecule has 1 aliphatic heterocycles. The second kappa shape index (κ2) is 6.61. The van der Waals surface area contributed by atoms with Crippen LogP contribution in [-0.4, -0.2) is 54.8 Å². The van der Waals surface area contributed by atoms with Crippen molar-refractivity contribution in [2.24, 2.45) is 5.92 Å². The highest BCUT2D eigenvalue weighted by Gasteiger charge is 2.31. The number of anilines is 1. The number of nitrogens with zero attached hydrogens (tertiary/aromatic N) is 2. The van der Waals surface area contributed by atoms with E-state index in [2.05, 4.69) is 24.2 Å². The highest BCUT2D eigenvalue weighted by molar-refractivity contribution is 7.17. The SMILES string of the molecule is CC(=O)Nc1sc2c(c1C(=O)N1CCN(C)CC1)CCC(C)C2. The Morgan fingerprint density at radius 3 is 2.57 bits per heavy atom. The first-order valence-electron chi connectivity index (χ1n) is 8.35. The summed E-state index contributed by atoms with van der Waals surface area (Å²) in [5.41, 5.74) is 1.94. The Morgan fingerprint density at radius 1 is 1.22 bits per heavy atom. The van der Waals surface area contributed by atoms with Gasteiger partial charge in [-0.25, -0.2) is 0 Å². The Balaban J connectivity index is 1.92. The number of hydrogen-bond acceptors (Lipinski definition) is 4. The molecule has 1 saturated heterocycles. The van der Waals surface area contributed by atoms with E-state index >= 15 is 0 Å². The number of fused-ring (bicyclic) bond motifs is 1. The predicted octanol–water partition coefficient (Wildman–Crippen LogP) is 2.22. The van der Waals surface area contributed by atoms with Crippen LogP contribution >= 0.6 is 11.3 Å². The van der Waals surface area contributed by atoms with Crippen LogP contribution in [0.3, 0.4) is 0 Å². The second-order valence-electron chi connectivity index (χ2n) is 6.83. The van der Waals surface area contributed by atoms with Gasteiger partial charge in [0.1, 0.15) is 5.00 Å². The molecule has 2 heterocycles. The lowest BCUT2D eigenvalue weighted by molar-refractivity contribution is -0.114. The number of hydrogen-bond donors (Lipinski definition) is 1. The van der Waals surface area contributed by atoms with Gasteiger partial charge < -0.3 is 15.1 Å². The number of likely N-dealkylation sites (N-methyl/N-ethyl adjacent to an activating group) is 1. The van der Waals surface area contributed by atoms with Crippen LogP contribution < -0.4 is 5.32 Å². The van der Waals surface area contributed by atoms with Gasteiger partial charge >= 0.3 is 0 Å². The molecular formula is C17H25N3O2S. The second-order valence-corrected chi connectivity index (χ2v) is 7.94. The molecule has 1 unspecified atom stereocenters. The van der Waals surface area contributed by atoms with Crippen molar-refractivity contribution in [1.82, 2.24) is 9.80 Å². The van der Waals surface area contributed by atoms with Gasteiger partial charge in [0.15, 0.2) is 0 Å². The van der Waals surface area contributed by atoms with Gasteiger partial charge in [-0.3, -0.25) is 9.59 Å². The van der Waals surface area contributed by atoms with Gasteiger partial charge in [-0.05, 0) is 37.8 Å². The third-order valence-corrected chi connectivity index (χ3v) is 5.98. The maximum absolute atomic E-state index is 13.1. The molecule has 1 aromatic heterocycles. The molecule has 3 rings (SSSR count). The summed E-state index contributed by atoms with van der Waals surface area (Å²) in [6, 6.07) is 0. The molecule has 0 radical (unpaired) electrons. The number of nitrogens with one attached hydrogen (secondary N) is 1. The summed E-state index contributed by atoms with van der Waals surface area (Å²) in [6.45, 7) is 7.09. The zero-order valence-electron chi connectivity index (χ0n) is 14.1. The van der Waals surface area contributed by atoms with Gasteiger partial charge in [-0.2, -0.15) is 0 Å². The van der Waals surface area contributed by atoms with Crippen molar-refractivity contribution in [3.8, 4) is 0 Å². The van der Waals surface area contributed by atoms with E-state index in [0.717, 1.165) is 56.0 Å². The topological polar surface area (TPSA) is 52.7 Å². The molecule has 126 valence electrons. The zero-order valence-corrected chi connectivity index (χ0v) is 15.0. The van der Waals surface area contributed by atoms with Crippen molar-refractivity contribution >= 4 is 28.2 Å². The van der Waals surface area contributed by atoms with E-state index in [1.165, 1.54) is 17.4 Å². The van der Waals surface area contributed by atoms with Crippen LogP contribution in [0.2, 0.25) is 0 Å². The minimum Gasteiger partial charge on any atom is -0.336 e. The molecule has 1 aliphatic carbocycles. The van der Waals surface area contributed by atoms with Crippen molar-refractivity contribution in [2.75, 3.05) is 38.5 Å². The largest absolute Gasteiger partial charge is 0.336 e. The van der Waals surface area contributed by atoms with Crippen LogP contribution in [0.1, 0.15) is 41.1 Å². The van der Waals surface area contributed by atoms with Crippen LogP contribution in [0.4, 0.5) is 5.00 Å². The molecule has 0 saturated carbocycles.